The third-order valence-electron chi connectivity index (χ3n) is 3.25. The van der Waals surface area contributed by atoms with Gasteiger partial charge in [-0.05, 0) is 6.42 Å². The number of hydrogen-bond donors (Lipinski definition) is 2. The largest absolute Gasteiger partial charge is 0.331 e. The van der Waals surface area contributed by atoms with Crippen LogP contribution in [0.1, 0.15) is 19.2 Å². The van der Waals surface area contributed by atoms with Gasteiger partial charge in [0, 0.05) is 23.6 Å². The molecule has 24 heavy (non-hydrogen) atoms. The molecule has 0 bridgehead atoms. The second-order valence-electron chi connectivity index (χ2n) is 5.04. The first-order valence-corrected chi connectivity index (χ1v) is 8.34. The van der Waals surface area contributed by atoms with Crippen molar-refractivity contribution in [3.63, 3.8) is 0 Å². The maximum absolute atomic E-state index is 12.0. The number of aryl methyl sites for hydroxylation is 1. The molecule has 0 spiro atoms. The Hall–Kier alpha value is -2.81. The van der Waals surface area contributed by atoms with Gasteiger partial charge in [-0.2, -0.15) is 9.36 Å². The molecule has 0 atom stereocenters. The van der Waals surface area contributed by atoms with Crippen LogP contribution in [0.3, 0.4) is 0 Å². The lowest BCUT2D eigenvalue weighted by molar-refractivity contribution is 0.251. The molecule has 0 saturated heterocycles. The summed E-state index contributed by atoms with van der Waals surface area (Å²) >= 11 is 1.14. The molecule has 0 unspecified atom stereocenters. The van der Waals surface area contributed by atoms with Gasteiger partial charge in [0.05, 0.1) is 6.54 Å². The Bertz CT molecular complexity index is 799. The standard InChI is InChI=1S/C15H17N7OS/c1-2-8-22-10-17-20-12(22)9-16-14(23)19-15-18-13(21-24-15)11-6-4-3-5-7-11/h3-7,10H,2,8-9H2,1H3,(H2,16,18,19,21,23). The highest BCUT2D eigenvalue weighted by atomic mass is 32.1. The zero-order valence-corrected chi connectivity index (χ0v) is 14.0. The number of rotatable bonds is 6. The molecule has 0 aliphatic heterocycles. The highest BCUT2D eigenvalue weighted by Gasteiger charge is 2.10. The average molecular weight is 343 g/mol. The highest BCUT2D eigenvalue weighted by molar-refractivity contribution is 7.10. The lowest BCUT2D eigenvalue weighted by atomic mass is 10.2. The van der Waals surface area contributed by atoms with Gasteiger partial charge in [0.15, 0.2) is 11.6 Å². The highest BCUT2D eigenvalue weighted by Crippen LogP contribution is 2.20. The molecule has 2 amide bonds. The van der Waals surface area contributed by atoms with Gasteiger partial charge < -0.3 is 9.88 Å². The summed E-state index contributed by atoms with van der Waals surface area (Å²) in [4.78, 5) is 16.3. The molecule has 9 heteroatoms. The fraction of sp³-hybridized carbons (Fsp3) is 0.267. The zero-order valence-electron chi connectivity index (χ0n) is 13.1. The van der Waals surface area contributed by atoms with Crippen molar-refractivity contribution >= 4 is 22.7 Å². The summed E-state index contributed by atoms with van der Waals surface area (Å²) in [5, 5.41) is 13.7. The monoisotopic (exact) mass is 343 g/mol. The van der Waals surface area contributed by atoms with Crippen LogP contribution in [-0.4, -0.2) is 30.2 Å². The normalized spacial score (nSPS) is 10.5. The van der Waals surface area contributed by atoms with E-state index in [9.17, 15) is 4.79 Å². The summed E-state index contributed by atoms with van der Waals surface area (Å²) in [6, 6.07) is 9.26. The van der Waals surface area contributed by atoms with Crippen LogP contribution < -0.4 is 10.6 Å². The molecule has 0 radical (unpaired) electrons. The van der Waals surface area contributed by atoms with Crippen molar-refractivity contribution in [2.75, 3.05) is 5.32 Å². The van der Waals surface area contributed by atoms with E-state index in [-0.39, 0.29) is 6.03 Å². The molecule has 8 nitrogen and oxygen atoms in total. The minimum Gasteiger partial charge on any atom is -0.331 e. The van der Waals surface area contributed by atoms with Crippen LogP contribution >= 0.6 is 11.5 Å². The minimum atomic E-state index is -0.350. The SMILES string of the molecule is CCCn1cnnc1CNC(=O)Nc1nc(-c2ccccc2)ns1. The Kier molecular flexibility index (Phi) is 5.12. The van der Waals surface area contributed by atoms with Crippen molar-refractivity contribution in [3.05, 3.63) is 42.5 Å². The van der Waals surface area contributed by atoms with Crippen molar-refractivity contribution in [1.29, 1.82) is 0 Å². The Labute approximate surface area is 143 Å². The maximum atomic E-state index is 12.0. The number of hydrogen-bond acceptors (Lipinski definition) is 6. The Morgan fingerprint density at radius 2 is 2.12 bits per heavy atom. The average Bonchev–Trinajstić information content (AvgIpc) is 3.24. The number of aromatic nitrogens is 5. The molecule has 2 aromatic heterocycles. The van der Waals surface area contributed by atoms with Crippen LogP contribution in [0.25, 0.3) is 11.4 Å². The summed E-state index contributed by atoms with van der Waals surface area (Å²) in [5.74, 6) is 1.31. The number of carbonyl (C=O) groups excluding carboxylic acids is 1. The van der Waals surface area contributed by atoms with Gasteiger partial charge in [-0.3, -0.25) is 5.32 Å². The predicted molar refractivity (Wildman–Crippen MR) is 91.5 cm³/mol. The first kappa shape index (κ1) is 16.1. The number of anilines is 1. The summed E-state index contributed by atoms with van der Waals surface area (Å²) in [6.45, 7) is 3.20. The number of carbonyl (C=O) groups is 1. The molecule has 124 valence electrons. The summed E-state index contributed by atoms with van der Waals surface area (Å²) < 4.78 is 6.16. The van der Waals surface area contributed by atoms with Crippen molar-refractivity contribution in [1.82, 2.24) is 29.4 Å². The molecule has 2 heterocycles. The quantitative estimate of drug-likeness (QED) is 0.717. The van der Waals surface area contributed by atoms with E-state index in [4.69, 9.17) is 0 Å². The van der Waals surface area contributed by atoms with E-state index in [1.54, 1.807) is 6.33 Å². The number of amides is 2. The van der Waals surface area contributed by atoms with E-state index < -0.39 is 0 Å². The lowest BCUT2D eigenvalue weighted by Crippen LogP contribution is -2.29. The van der Waals surface area contributed by atoms with E-state index in [0.717, 1.165) is 30.1 Å². The molecule has 2 N–H and O–H groups in total. The third kappa shape index (κ3) is 3.93. The number of nitrogens with zero attached hydrogens (tertiary/aromatic N) is 5. The van der Waals surface area contributed by atoms with Crippen molar-refractivity contribution < 1.29 is 4.79 Å². The fourth-order valence-corrected chi connectivity index (χ4v) is 2.71. The van der Waals surface area contributed by atoms with Gasteiger partial charge in [-0.15, -0.1) is 10.2 Å². The van der Waals surface area contributed by atoms with Gasteiger partial charge in [-0.1, -0.05) is 37.3 Å². The predicted octanol–water partition coefficient (Wildman–Crippen LogP) is 2.53. The lowest BCUT2D eigenvalue weighted by Gasteiger charge is -2.06. The Morgan fingerprint density at radius 3 is 2.92 bits per heavy atom. The van der Waals surface area contributed by atoms with Crippen LogP contribution in [0, 0.1) is 0 Å². The second-order valence-corrected chi connectivity index (χ2v) is 5.79. The molecule has 1 aromatic carbocycles. The first-order valence-electron chi connectivity index (χ1n) is 7.57. The van der Waals surface area contributed by atoms with Crippen molar-refractivity contribution in [2.24, 2.45) is 0 Å². The van der Waals surface area contributed by atoms with Crippen LogP contribution in [0.15, 0.2) is 36.7 Å². The van der Waals surface area contributed by atoms with Crippen LogP contribution in [0.5, 0.6) is 0 Å². The van der Waals surface area contributed by atoms with Crippen LogP contribution in [-0.2, 0) is 13.1 Å². The molecule has 0 saturated carbocycles. The van der Waals surface area contributed by atoms with Gasteiger partial charge in [-0.25, -0.2) is 4.79 Å². The number of benzene rings is 1. The van der Waals surface area contributed by atoms with E-state index >= 15 is 0 Å². The van der Waals surface area contributed by atoms with E-state index in [1.807, 2.05) is 34.9 Å². The topological polar surface area (TPSA) is 97.6 Å². The van der Waals surface area contributed by atoms with Crippen molar-refractivity contribution in [2.45, 2.75) is 26.4 Å². The maximum Gasteiger partial charge on any atom is 0.321 e. The zero-order chi connectivity index (χ0) is 16.8. The third-order valence-corrected chi connectivity index (χ3v) is 3.88. The van der Waals surface area contributed by atoms with E-state index in [0.29, 0.717) is 23.3 Å². The molecule has 3 aromatic rings. The second kappa shape index (κ2) is 7.64. The summed E-state index contributed by atoms with van der Waals surface area (Å²) in [5.41, 5.74) is 0.912. The molecular formula is C15H17N7OS. The minimum absolute atomic E-state index is 0.302. The van der Waals surface area contributed by atoms with E-state index in [1.165, 1.54) is 0 Å². The van der Waals surface area contributed by atoms with E-state index in [2.05, 4.69) is 37.1 Å². The molecule has 0 aliphatic rings. The fourth-order valence-electron chi connectivity index (χ4n) is 2.12. The Morgan fingerprint density at radius 1 is 1.29 bits per heavy atom. The summed E-state index contributed by atoms with van der Waals surface area (Å²) in [7, 11) is 0. The summed E-state index contributed by atoms with van der Waals surface area (Å²) in [6.07, 6.45) is 2.64. The van der Waals surface area contributed by atoms with Gasteiger partial charge in [0.1, 0.15) is 6.33 Å². The smallest absolute Gasteiger partial charge is 0.321 e. The van der Waals surface area contributed by atoms with Gasteiger partial charge >= 0.3 is 6.03 Å². The first-order chi connectivity index (χ1) is 11.8. The number of nitrogens with one attached hydrogen (secondary N) is 2. The van der Waals surface area contributed by atoms with Crippen LogP contribution in [0.4, 0.5) is 9.93 Å². The van der Waals surface area contributed by atoms with Gasteiger partial charge in [0.25, 0.3) is 0 Å². The molecule has 3 rings (SSSR count). The Balaban J connectivity index is 1.56. The molecule has 0 fully saturated rings. The molecule has 0 aliphatic carbocycles. The van der Waals surface area contributed by atoms with Crippen molar-refractivity contribution in [3.8, 4) is 11.4 Å². The van der Waals surface area contributed by atoms with Gasteiger partial charge in [0.2, 0.25) is 5.13 Å². The number of urea groups is 1. The van der Waals surface area contributed by atoms with Crippen LogP contribution in [0.2, 0.25) is 0 Å². The molecular weight excluding hydrogens is 326 g/mol.